The molecule has 0 fully saturated rings. The van der Waals surface area contributed by atoms with Crippen molar-refractivity contribution in [2.24, 2.45) is 4.99 Å². The lowest BCUT2D eigenvalue weighted by Gasteiger charge is -2.12. The average molecular weight is 359 g/mol. The molecule has 0 saturated heterocycles. The van der Waals surface area contributed by atoms with E-state index in [2.05, 4.69) is 22.4 Å². The van der Waals surface area contributed by atoms with Gasteiger partial charge in [0.25, 0.3) is 0 Å². The highest BCUT2D eigenvalue weighted by Crippen LogP contribution is 2.20. The Labute approximate surface area is 151 Å². The molecule has 0 radical (unpaired) electrons. The summed E-state index contributed by atoms with van der Waals surface area (Å²) in [6.07, 6.45) is 0.372. The zero-order valence-corrected chi connectivity index (χ0v) is 14.6. The van der Waals surface area contributed by atoms with Gasteiger partial charge in [-0.05, 0) is 36.0 Å². The molecule has 2 rings (SSSR count). The van der Waals surface area contributed by atoms with Gasteiger partial charge in [0.2, 0.25) is 0 Å². The minimum atomic E-state index is -0.737. The van der Waals surface area contributed by atoms with Crippen molar-refractivity contribution in [3.8, 4) is 5.75 Å². The van der Waals surface area contributed by atoms with Crippen LogP contribution in [0.3, 0.4) is 0 Å². The molecular formula is C19H18FNO3S. The van der Waals surface area contributed by atoms with Crippen LogP contribution in [0.25, 0.3) is 0 Å². The monoisotopic (exact) mass is 359 g/mol. The Morgan fingerprint density at radius 3 is 2.64 bits per heavy atom. The average Bonchev–Trinajstić information content (AvgIpc) is 2.63. The predicted octanol–water partition coefficient (Wildman–Crippen LogP) is 3.75. The van der Waals surface area contributed by atoms with E-state index in [0.717, 1.165) is 11.6 Å². The van der Waals surface area contributed by atoms with Crippen molar-refractivity contribution in [1.29, 1.82) is 0 Å². The van der Waals surface area contributed by atoms with Gasteiger partial charge in [-0.3, -0.25) is 4.79 Å². The van der Waals surface area contributed by atoms with Crippen LogP contribution in [0.15, 0.2) is 53.5 Å². The summed E-state index contributed by atoms with van der Waals surface area (Å²) in [5.41, 5.74) is 1.15. The van der Waals surface area contributed by atoms with Gasteiger partial charge in [0.15, 0.2) is 17.3 Å². The van der Waals surface area contributed by atoms with E-state index in [9.17, 15) is 9.18 Å². The largest absolute Gasteiger partial charge is 0.488 e. The molecular weight excluding hydrogens is 341 g/mol. The molecule has 1 atom stereocenters. The first-order chi connectivity index (χ1) is 12.2. The molecule has 4 nitrogen and oxygen atoms in total. The number of methoxy groups -OCH3 is 1. The lowest BCUT2D eigenvalue weighted by atomic mass is 9.98. The van der Waals surface area contributed by atoms with Crippen LogP contribution in [-0.4, -0.2) is 37.3 Å². The Kier molecular flexibility index (Phi) is 7.41. The highest BCUT2D eigenvalue weighted by atomic mass is 32.1. The van der Waals surface area contributed by atoms with Crippen molar-refractivity contribution in [2.75, 3.05) is 20.3 Å². The number of hydrogen-bond donors (Lipinski definition) is 0. The van der Waals surface area contributed by atoms with E-state index < -0.39 is 11.9 Å². The maximum atomic E-state index is 14.1. The molecule has 0 aliphatic carbocycles. The summed E-state index contributed by atoms with van der Waals surface area (Å²) < 4.78 is 24.2. The zero-order chi connectivity index (χ0) is 18.1. The molecule has 0 aliphatic rings. The molecule has 0 aliphatic heterocycles. The van der Waals surface area contributed by atoms with E-state index in [-0.39, 0.29) is 23.7 Å². The fourth-order valence-corrected chi connectivity index (χ4v) is 2.42. The predicted molar refractivity (Wildman–Crippen MR) is 97.1 cm³/mol. The number of benzene rings is 2. The number of nitrogens with zero attached hydrogens (tertiary/aromatic N) is 1. The van der Waals surface area contributed by atoms with E-state index >= 15 is 0 Å². The Morgan fingerprint density at radius 2 is 2.00 bits per heavy atom. The van der Waals surface area contributed by atoms with E-state index in [4.69, 9.17) is 9.47 Å². The van der Waals surface area contributed by atoms with E-state index in [1.165, 1.54) is 19.2 Å². The molecule has 6 heteroatoms. The van der Waals surface area contributed by atoms with Gasteiger partial charge in [-0.15, -0.1) is 0 Å². The summed E-state index contributed by atoms with van der Waals surface area (Å²) in [6.45, 7) is 0.579. The Hall–Kier alpha value is -2.40. The highest BCUT2D eigenvalue weighted by Gasteiger charge is 2.21. The number of carbonyl (C=O) groups excluding carboxylic acids is 1. The third kappa shape index (κ3) is 5.57. The normalized spacial score (nSPS) is 11.4. The summed E-state index contributed by atoms with van der Waals surface area (Å²) in [4.78, 5) is 16.6. The molecule has 1 unspecified atom stereocenters. The quantitative estimate of drug-likeness (QED) is 0.296. The number of isothiocyanates is 1. The minimum absolute atomic E-state index is 0.0755. The molecule has 2 aromatic rings. The number of thiocarbonyl (C=S) groups is 1. The summed E-state index contributed by atoms with van der Waals surface area (Å²) in [7, 11) is 1.53. The number of ether oxygens (including phenoxy) is 2. The van der Waals surface area contributed by atoms with Crippen LogP contribution in [0.2, 0.25) is 0 Å². The van der Waals surface area contributed by atoms with E-state index in [1.54, 1.807) is 0 Å². The number of rotatable bonds is 9. The number of ketones is 1. The molecule has 2 aromatic carbocycles. The Bertz CT molecular complexity index is 761. The third-order valence-electron chi connectivity index (χ3n) is 3.54. The van der Waals surface area contributed by atoms with Crippen molar-refractivity contribution >= 4 is 23.2 Å². The lowest BCUT2D eigenvalue weighted by Crippen LogP contribution is -2.21. The van der Waals surface area contributed by atoms with Gasteiger partial charge in [0.1, 0.15) is 12.6 Å². The Balaban J connectivity index is 2.15. The second-order valence-electron chi connectivity index (χ2n) is 5.28. The maximum Gasteiger partial charge on any atom is 0.188 e. The van der Waals surface area contributed by atoms with Crippen molar-refractivity contribution in [1.82, 2.24) is 0 Å². The first-order valence-corrected chi connectivity index (χ1v) is 8.13. The summed E-state index contributed by atoms with van der Waals surface area (Å²) >= 11 is 4.64. The zero-order valence-electron chi connectivity index (χ0n) is 13.8. The van der Waals surface area contributed by atoms with Crippen LogP contribution in [0, 0.1) is 5.82 Å². The molecule has 0 heterocycles. The standard InChI is InChI=1S/C19H18FNO3S/c1-23-9-10-24-18-8-7-15(12-16(18)20)19(22)17(21-13-25)11-14-5-3-2-4-6-14/h2-8,12,17H,9-11H2,1H3. The molecule has 0 N–H and O–H groups in total. The smallest absolute Gasteiger partial charge is 0.188 e. The highest BCUT2D eigenvalue weighted by molar-refractivity contribution is 7.78. The Morgan fingerprint density at radius 1 is 1.24 bits per heavy atom. The second kappa shape index (κ2) is 9.79. The molecule has 0 amide bonds. The molecule has 0 spiro atoms. The first-order valence-electron chi connectivity index (χ1n) is 7.72. The lowest BCUT2D eigenvalue weighted by molar-refractivity contribution is 0.0961. The summed E-state index contributed by atoms with van der Waals surface area (Å²) in [6, 6.07) is 12.8. The van der Waals surface area contributed by atoms with Gasteiger partial charge in [-0.2, -0.15) is 0 Å². The van der Waals surface area contributed by atoms with Gasteiger partial charge < -0.3 is 9.47 Å². The molecule has 0 bridgehead atoms. The van der Waals surface area contributed by atoms with Crippen molar-refractivity contribution in [3.63, 3.8) is 0 Å². The molecule has 0 aromatic heterocycles. The fraction of sp³-hybridized carbons (Fsp3) is 0.263. The van der Waals surface area contributed by atoms with Gasteiger partial charge >= 0.3 is 0 Å². The van der Waals surface area contributed by atoms with E-state index in [1.807, 2.05) is 30.3 Å². The van der Waals surface area contributed by atoms with Gasteiger partial charge in [0.05, 0.1) is 11.8 Å². The summed E-state index contributed by atoms with van der Waals surface area (Å²) in [5, 5.41) is 2.25. The minimum Gasteiger partial charge on any atom is -0.488 e. The second-order valence-corrected chi connectivity index (χ2v) is 5.46. The van der Waals surface area contributed by atoms with Crippen LogP contribution in [-0.2, 0) is 11.2 Å². The van der Waals surface area contributed by atoms with Gasteiger partial charge in [0, 0.05) is 19.1 Å². The number of Topliss-reactive ketones (excluding diaryl/α,β-unsaturated/α-hetero) is 1. The first kappa shape index (κ1) is 18.9. The van der Waals surface area contributed by atoms with Crippen LogP contribution >= 0.6 is 12.2 Å². The fourth-order valence-electron chi connectivity index (χ4n) is 2.30. The maximum absolute atomic E-state index is 14.1. The molecule has 130 valence electrons. The molecule has 25 heavy (non-hydrogen) atoms. The topological polar surface area (TPSA) is 47.9 Å². The van der Waals surface area contributed by atoms with Crippen LogP contribution < -0.4 is 4.74 Å². The van der Waals surface area contributed by atoms with Gasteiger partial charge in [-0.1, -0.05) is 30.3 Å². The van der Waals surface area contributed by atoms with Crippen molar-refractivity contribution in [3.05, 3.63) is 65.5 Å². The SMILES string of the molecule is COCCOc1ccc(C(=O)C(Cc2ccccc2)N=C=S)cc1F. The van der Waals surface area contributed by atoms with E-state index in [0.29, 0.717) is 13.0 Å². The summed E-state index contributed by atoms with van der Waals surface area (Å²) in [5.74, 6) is -0.846. The number of halogens is 1. The number of carbonyl (C=O) groups is 1. The van der Waals surface area contributed by atoms with Crippen molar-refractivity contribution in [2.45, 2.75) is 12.5 Å². The third-order valence-corrected chi connectivity index (χ3v) is 3.65. The molecule has 0 saturated carbocycles. The van der Waals surface area contributed by atoms with Crippen LogP contribution in [0.5, 0.6) is 5.75 Å². The van der Waals surface area contributed by atoms with Gasteiger partial charge in [-0.25, -0.2) is 9.38 Å². The van der Waals surface area contributed by atoms with Crippen molar-refractivity contribution < 1.29 is 18.7 Å². The number of hydrogen-bond acceptors (Lipinski definition) is 5. The van der Waals surface area contributed by atoms with Crippen LogP contribution in [0.1, 0.15) is 15.9 Å². The van der Waals surface area contributed by atoms with Crippen LogP contribution in [0.4, 0.5) is 4.39 Å². The number of aliphatic imine (C=N–C) groups is 1.